The number of rotatable bonds is 4. The Morgan fingerprint density at radius 2 is 1.73 bits per heavy atom. The number of benzene rings is 1. The molecule has 0 fully saturated rings. The maximum absolute atomic E-state index is 13.6. The van der Waals surface area contributed by atoms with Gasteiger partial charge in [0.05, 0.1) is 11.6 Å². The minimum Gasteiger partial charge on any atom is -0.364 e. The molecule has 0 amide bonds. The molecule has 2 N–H and O–H groups in total. The number of amidine groups is 1. The minimum absolute atomic E-state index is 0.130. The zero-order valence-corrected chi connectivity index (χ0v) is 16.9. The molecule has 1 aromatic carbocycles. The number of aromatic nitrogens is 2. The molecule has 1 aliphatic heterocycles. The van der Waals surface area contributed by atoms with E-state index in [1.54, 1.807) is 6.92 Å². The van der Waals surface area contributed by atoms with E-state index < -0.39 is 46.8 Å². The van der Waals surface area contributed by atoms with E-state index in [2.05, 4.69) is 20.3 Å². The number of aliphatic imine (C=N–C) groups is 1. The van der Waals surface area contributed by atoms with Gasteiger partial charge < -0.3 is 10.3 Å². The third kappa shape index (κ3) is 3.98. The Labute approximate surface area is 183 Å². The summed E-state index contributed by atoms with van der Waals surface area (Å²) in [6, 6.07) is 7.68. The number of hydrogen-bond acceptors (Lipinski definition) is 4. The van der Waals surface area contributed by atoms with Crippen LogP contribution in [0.5, 0.6) is 0 Å². The second-order valence-corrected chi connectivity index (χ2v) is 7.50. The zero-order valence-electron chi connectivity index (χ0n) is 16.9. The maximum Gasteiger partial charge on any atom is 0.433 e. The normalized spacial score (nSPS) is 20.6. The molecule has 3 heterocycles. The van der Waals surface area contributed by atoms with E-state index in [4.69, 9.17) is 0 Å². The smallest absolute Gasteiger partial charge is 0.364 e. The van der Waals surface area contributed by atoms with E-state index in [0.717, 1.165) is 18.3 Å². The molecule has 1 aliphatic rings. The third-order valence-corrected chi connectivity index (χ3v) is 5.49. The van der Waals surface area contributed by atoms with E-state index in [0.29, 0.717) is 5.56 Å². The number of H-pyrrole nitrogens is 1. The van der Waals surface area contributed by atoms with Crippen LogP contribution < -0.4 is 10.9 Å². The summed E-state index contributed by atoms with van der Waals surface area (Å²) >= 11 is 0. The molecule has 172 valence electrons. The van der Waals surface area contributed by atoms with Crippen molar-refractivity contribution < 1.29 is 26.3 Å². The molecule has 0 saturated heterocycles. The Morgan fingerprint density at radius 1 is 1.06 bits per heavy atom. The molecule has 2 aromatic heterocycles. The van der Waals surface area contributed by atoms with E-state index in [9.17, 15) is 31.1 Å². The molecule has 1 unspecified atom stereocenters. The fraction of sp³-hybridized carbons (Fsp3) is 0.227. The highest BCUT2D eigenvalue weighted by Gasteiger charge is 2.46. The number of aromatic amines is 1. The average Bonchev–Trinajstić information content (AvgIpc) is 3.12. The molecule has 11 heteroatoms. The van der Waals surface area contributed by atoms with Crippen molar-refractivity contribution in [1.82, 2.24) is 15.3 Å². The van der Waals surface area contributed by atoms with E-state index >= 15 is 0 Å². The summed E-state index contributed by atoms with van der Waals surface area (Å²) < 4.78 is 79.1. The predicted molar refractivity (Wildman–Crippen MR) is 108 cm³/mol. The largest absolute Gasteiger partial charge is 0.433 e. The van der Waals surface area contributed by atoms with E-state index in [1.807, 2.05) is 0 Å². The number of hydrogen-bond donors (Lipinski definition) is 2. The number of nitrogens with one attached hydrogen (secondary N) is 2. The first-order valence-corrected chi connectivity index (χ1v) is 9.69. The van der Waals surface area contributed by atoms with Gasteiger partial charge in [-0.3, -0.25) is 9.78 Å². The van der Waals surface area contributed by atoms with Crippen LogP contribution in [0, 0.1) is 5.82 Å². The van der Waals surface area contributed by atoms with Gasteiger partial charge in [-0.25, -0.2) is 18.2 Å². The predicted octanol–water partition coefficient (Wildman–Crippen LogP) is 4.55. The highest BCUT2D eigenvalue weighted by Crippen LogP contribution is 2.41. The van der Waals surface area contributed by atoms with Gasteiger partial charge in [0.15, 0.2) is 0 Å². The van der Waals surface area contributed by atoms with Crippen molar-refractivity contribution in [3.63, 3.8) is 0 Å². The molecule has 0 aliphatic carbocycles. The van der Waals surface area contributed by atoms with Crippen molar-refractivity contribution in [2.24, 2.45) is 4.99 Å². The van der Waals surface area contributed by atoms with E-state index in [-0.39, 0.29) is 17.0 Å². The summed E-state index contributed by atoms with van der Waals surface area (Å²) in [4.78, 5) is 22.1. The van der Waals surface area contributed by atoms with Crippen LogP contribution in [-0.2, 0) is 11.7 Å². The Hall–Kier alpha value is -3.63. The topological polar surface area (TPSA) is 70.1 Å². The molecular formula is C22H16F6N4O. The van der Waals surface area contributed by atoms with Crippen LogP contribution in [0.4, 0.5) is 26.3 Å². The Kier molecular flexibility index (Phi) is 5.51. The summed E-state index contributed by atoms with van der Waals surface area (Å²) in [7, 11) is 0. The second kappa shape index (κ2) is 8.05. The van der Waals surface area contributed by atoms with Crippen molar-refractivity contribution >= 4 is 5.84 Å². The summed E-state index contributed by atoms with van der Waals surface area (Å²) in [6.07, 6.45) is -5.42. The number of alkyl halides is 5. The lowest BCUT2D eigenvalue weighted by molar-refractivity contribution is -0.141. The molecule has 4 rings (SSSR count). The van der Waals surface area contributed by atoms with Crippen LogP contribution in [0.2, 0.25) is 0 Å². The summed E-state index contributed by atoms with van der Waals surface area (Å²) in [5.41, 5.74) is -3.26. The van der Waals surface area contributed by atoms with Crippen molar-refractivity contribution in [2.75, 3.05) is 0 Å². The molecule has 0 spiro atoms. The fourth-order valence-corrected chi connectivity index (χ4v) is 3.85. The lowest BCUT2D eigenvalue weighted by Gasteiger charge is -2.31. The van der Waals surface area contributed by atoms with Gasteiger partial charge in [0.2, 0.25) is 0 Å². The standard InChI is InChI=1S/C22H16F6N4O/c1-11-21(13-2-5-15(23)6-3-13,14-4-7-17(29-10-14)22(26,27)28)32-19(31-11)12-8-16(18(24)25)20(33)30-9-12/h2-11,18H,1H3,(H,30,33)(H,31,32)/t11-,21?/m0/s1. The minimum atomic E-state index is -4.64. The van der Waals surface area contributed by atoms with Crippen molar-refractivity contribution in [2.45, 2.75) is 31.1 Å². The third-order valence-electron chi connectivity index (χ3n) is 5.49. The first-order valence-electron chi connectivity index (χ1n) is 9.69. The van der Waals surface area contributed by atoms with Gasteiger partial charge >= 0.3 is 6.18 Å². The zero-order chi connectivity index (χ0) is 24.0. The molecular weight excluding hydrogens is 450 g/mol. The van der Waals surface area contributed by atoms with E-state index in [1.165, 1.54) is 36.5 Å². The van der Waals surface area contributed by atoms with Gasteiger partial charge in [-0.15, -0.1) is 0 Å². The maximum atomic E-state index is 13.6. The monoisotopic (exact) mass is 466 g/mol. The van der Waals surface area contributed by atoms with Gasteiger partial charge in [0.25, 0.3) is 12.0 Å². The first kappa shape index (κ1) is 22.6. The number of halogens is 6. The Bertz CT molecular complexity index is 1250. The highest BCUT2D eigenvalue weighted by atomic mass is 19.4. The average molecular weight is 466 g/mol. The molecule has 0 radical (unpaired) electrons. The SMILES string of the molecule is C[C@@H]1NC(c2c[nH]c(=O)c(C(F)F)c2)=NC1(c1ccc(F)cc1)c1ccc(C(F)(F)F)nc1. The molecule has 33 heavy (non-hydrogen) atoms. The van der Waals surface area contributed by atoms with Gasteiger partial charge in [0, 0.05) is 23.5 Å². The molecule has 0 saturated carbocycles. The van der Waals surface area contributed by atoms with Crippen LogP contribution >= 0.6 is 0 Å². The number of nitrogens with zero attached hydrogens (tertiary/aromatic N) is 2. The van der Waals surface area contributed by atoms with Crippen LogP contribution in [0.1, 0.15) is 41.3 Å². The molecule has 2 atom stereocenters. The van der Waals surface area contributed by atoms with Crippen molar-refractivity contribution in [3.8, 4) is 0 Å². The summed E-state index contributed by atoms with van der Waals surface area (Å²) in [5.74, 6) is -0.394. The second-order valence-electron chi connectivity index (χ2n) is 7.50. The van der Waals surface area contributed by atoms with Crippen LogP contribution in [-0.4, -0.2) is 21.8 Å². The van der Waals surface area contributed by atoms with Gasteiger partial charge in [-0.2, -0.15) is 13.2 Å². The first-order chi connectivity index (χ1) is 15.5. The summed E-state index contributed by atoms with van der Waals surface area (Å²) in [5, 5.41) is 3.04. The lowest BCUT2D eigenvalue weighted by Crippen LogP contribution is -2.41. The Balaban J connectivity index is 1.90. The lowest BCUT2D eigenvalue weighted by atomic mass is 9.79. The van der Waals surface area contributed by atoms with Crippen molar-refractivity contribution in [1.29, 1.82) is 0 Å². The highest BCUT2D eigenvalue weighted by molar-refractivity contribution is 6.01. The van der Waals surface area contributed by atoms with Gasteiger partial charge in [0.1, 0.15) is 22.9 Å². The van der Waals surface area contributed by atoms with Crippen LogP contribution in [0.15, 0.2) is 64.6 Å². The molecule has 3 aromatic rings. The molecule has 0 bridgehead atoms. The van der Waals surface area contributed by atoms with Gasteiger partial charge in [-0.1, -0.05) is 18.2 Å². The van der Waals surface area contributed by atoms with Crippen LogP contribution in [0.3, 0.4) is 0 Å². The van der Waals surface area contributed by atoms with Crippen LogP contribution in [0.25, 0.3) is 0 Å². The molecule has 5 nitrogen and oxygen atoms in total. The Morgan fingerprint density at radius 3 is 2.30 bits per heavy atom. The summed E-state index contributed by atoms with van der Waals surface area (Å²) in [6.45, 7) is 1.69. The van der Waals surface area contributed by atoms with Crippen molar-refractivity contribution in [3.05, 3.63) is 99.0 Å². The fourth-order valence-electron chi connectivity index (χ4n) is 3.85. The van der Waals surface area contributed by atoms with Gasteiger partial charge in [-0.05, 0) is 36.8 Å². The number of pyridine rings is 2. The quantitative estimate of drug-likeness (QED) is 0.555.